The van der Waals surface area contributed by atoms with Crippen LogP contribution in [0.2, 0.25) is 0 Å². The predicted octanol–water partition coefficient (Wildman–Crippen LogP) is 2.13. The number of hydrogen-bond acceptors (Lipinski definition) is 5. The summed E-state index contributed by atoms with van der Waals surface area (Å²) < 4.78 is 0. The molecule has 0 saturated carbocycles. The van der Waals surface area contributed by atoms with E-state index in [-0.39, 0.29) is 11.7 Å². The van der Waals surface area contributed by atoms with Crippen LogP contribution in [0, 0.1) is 13.8 Å². The number of hydrogen-bond donors (Lipinski definition) is 2. The molecule has 0 aliphatic rings. The van der Waals surface area contributed by atoms with E-state index in [1.165, 1.54) is 11.8 Å². The van der Waals surface area contributed by atoms with E-state index in [4.69, 9.17) is 0 Å². The molecule has 0 bridgehead atoms. The Morgan fingerprint density at radius 3 is 2.35 bits per heavy atom. The van der Waals surface area contributed by atoms with Crippen LogP contribution in [0.25, 0.3) is 0 Å². The SMILES string of the molecule is Cc1cc(C)nc(SCC(=O)NC(C(=O)O)c2ccccc2)n1. The Balaban J connectivity index is 1.98. The van der Waals surface area contributed by atoms with Crippen LogP contribution in [0.15, 0.2) is 41.6 Å². The Morgan fingerprint density at radius 1 is 1.17 bits per heavy atom. The summed E-state index contributed by atoms with van der Waals surface area (Å²) in [6.45, 7) is 3.71. The molecule has 0 aliphatic heterocycles. The molecule has 23 heavy (non-hydrogen) atoms. The highest BCUT2D eigenvalue weighted by Crippen LogP contribution is 2.16. The fraction of sp³-hybridized carbons (Fsp3) is 0.250. The quantitative estimate of drug-likeness (QED) is 0.622. The highest BCUT2D eigenvalue weighted by atomic mass is 32.2. The van der Waals surface area contributed by atoms with Crippen molar-refractivity contribution >= 4 is 23.6 Å². The van der Waals surface area contributed by atoms with Gasteiger partial charge in [0.25, 0.3) is 0 Å². The van der Waals surface area contributed by atoms with Crippen molar-refractivity contribution < 1.29 is 14.7 Å². The third kappa shape index (κ3) is 5.07. The lowest BCUT2D eigenvalue weighted by atomic mass is 10.1. The maximum absolute atomic E-state index is 12.0. The first-order chi connectivity index (χ1) is 11.0. The van der Waals surface area contributed by atoms with E-state index >= 15 is 0 Å². The smallest absolute Gasteiger partial charge is 0.330 e. The molecule has 7 heteroatoms. The molecule has 0 fully saturated rings. The molecule has 2 aromatic rings. The van der Waals surface area contributed by atoms with E-state index in [1.54, 1.807) is 30.3 Å². The Bertz CT molecular complexity index is 687. The average Bonchev–Trinajstić information content (AvgIpc) is 2.50. The first-order valence-corrected chi connectivity index (χ1v) is 7.96. The molecular weight excluding hydrogens is 314 g/mol. The number of carbonyl (C=O) groups excluding carboxylic acids is 1. The highest BCUT2D eigenvalue weighted by molar-refractivity contribution is 7.99. The van der Waals surface area contributed by atoms with Gasteiger partial charge in [-0.15, -0.1) is 0 Å². The van der Waals surface area contributed by atoms with Gasteiger partial charge in [0, 0.05) is 11.4 Å². The number of aliphatic carboxylic acids is 1. The molecule has 0 radical (unpaired) electrons. The summed E-state index contributed by atoms with van der Waals surface area (Å²) in [6.07, 6.45) is 0. The predicted molar refractivity (Wildman–Crippen MR) is 87.2 cm³/mol. The van der Waals surface area contributed by atoms with Gasteiger partial charge < -0.3 is 10.4 Å². The lowest BCUT2D eigenvalue weighted by molar-refractivity contribution is -0.141. The molecule has 0 aliphatic carbocycles. The van der Waals surface area contributed by atoms with Gasteiger partial charge in [-0.25, -0.2) is 14.8 Å². The summed E-state index contributed by atoms with van der Waals surface area (Å²) in [5.74, 6) is -1.43. The lowest BCUT2D eigenvalue weighted by Crippen LogP contribution is -2.34. The minimum absolute atomic E-state index is 0.0551. The molecule has 0 saturated heterocycles. The zero-order valence-corrected chi connectivity index (χ0v) is 13.6. The van der Waals surface area contributed by atoms with E-state index in [2.05, 4.69) is 15.3 Å². The standard InChI is InChI=1S/C16H17N3O3S/c1-10-8-11(2)18-16(17-10)23-9-13(20)19-14(15(21)22)12-6-4-3-5-7-12/h3-8,14H,9H2,1-2H3,(H,19,20)(H,21,22). The number of benzene rings is 1. The number of nitrogens with one attached hydrogen (secondary N) is 1. The fourth-order valence-corrected chi connectivity index (χ4v) is 2.78. The van der Waals surface area contributed by atoms with Crippen LogP contribution in [0.4, 0.5) is 0 Å². The molecular formula is C16H17N3O3S. The zero-order chi connectivity index (χ0) is 16.8. The molecule has 6 nitrogen and oxygen atoms in total. The summed E-state index contributed by atoms with van der Waals surface area (Å²) in [6, 6.07) is 9.37. The van der Waals surface area contributed by atoms with E-state index in [0.717, 1.165) is 11.4 Å². The average molecular weight is 331 g/mol. The van der Waals surface area contributed by atoms with E-state index in [0.29, 0.717) is 10.7 Å². The monoisotopic (exact) mass is 331 g/mol. The first-order valence-electron chi connectivity index (χ1n) is 6.98. The second-order valence-corrected chi connectivity index (χ2v) is 5.91. The van der Waals surface area contributed by atoms with Crippen molar-refractivity contribution in [1.82, 2.24) is 15.3 Å². The van der Waals surface area contributed by atoms with Crippen LogP contribution in [0.3, 0.4) is 0 Å². The van der Waals surface area contributed by atoms with Crippen LogP contribution in [0.1, 0.15) is 23.0 Å². The van der Waals surface area contributed by atoms with Crippen LogP contribution in [-0.4, -0.2) is 32.7 Å². The van der Waals surface area contributed by atoms with E-state index in [9.17, 15) is 14.7 Å². The maximum atomic E-state index is 12.0. The van der Waals surface area contributed by atoms with E-state index in [1.807, 2.05) is 19.9 Å². The summed E-state index contributed by atoms with van der Waals surface area (Å²) in [5.41, 5.74) is 2.18. The second kappa shape index (κ2) is 7.73. The topological polar surface area (TPSA) is 92.2 Å². The number of nitrogens with zero attached hydrogens (tertiary/aromatic N) is 2. The Hall–Kier alpha value is -2.41. The molecule has 1 atom stereocenters. The summed E-state index contributed by atoms with van der Waals surface area (Å²) in [5, 5.41) is 12.3. The molecule has 120 valence electrons. The van der Waals surface area contributed by atoms with Gasteiger partial charge in [-0.05, 0) is 25.5 Å². The van der Waals surface area contributed by atoms with Crippen molar-refractivity contribution in [3.05, 3.63) is 53.3 Å². The normalized spacial score (nSPS) is 11.7. The van der Waals surface area contributed by atoms with Gasteiger partial charge in [-0.3, -0.25) is 4.79 Å². The molecule has 1 amide bonds. The van der Waals surface area contributed by atoms with Gasteiger partial charge in [0.15, 0.2) is 11.2 Å². The van der Waals surface area contributed by atoms with Crippen LogP contribution in [-0.2, 0) is 9.59 Å². The maximum Gasteiger partial charge on any atom is 0.330 e. The number of aryl methyl sites for hydroxylation is 2. The third-order valence-electron chi connectivity index (χ3n) is 2.98. The zero-order valence-electron chi connectivity index (χ0n) is 12.8. The van der Waals surface area contributed by atoms with Gasteiger partial charge in [0.2, 0.25) is 5.91 Å². The van der Waals surface area contributed by atoms with Crippen molar-refractivity contribution in [2.75, 3.05) is 5.75 Å². The van der Waals surface area contributed by atoms with Crippen LogP contribution < -0.4 is 5.32 Å². The minimum atomic E-state index is -1.10. The lowest BCUT2D eigenvalue weighted by Gasteiger charge is -2.14. The van der Waals surface area contributed by atoms with Crippen molar-refractivity contribution in [2.24, 2.45) is 0 Å². The van der Waals surface area contributed by atoms with Crippen molar-refractivity contribution in [1.29, 1.82) is 0 Å². The third-order valence-corrected chi connectivity index (χ3v) is 3.83. The summed E-state index contributed by atoms with van der Waals surface area (Å²) in [7, 11) is 0. The van der Waals surface area contributed by atoms with Crippen LogP contribution >= 0.6 is 11.8 Å². The number of aromatic nitrogens is 2. The number of carboxylic acid groups (broad SMARTS) is 1. The van der Waals surface area contributed by atoms with Crippen LogP contribution in [0.5, 0.6) is 0 Å². The van der Waals surface area contributed by atoms with Crippen molar-refractivity contribution in [3.8, 4) is 0 Å². The van der Waals surface area contributed by atoms with Gasteiger partial charge in [-0.2, -0.15) is 0 Å². The Morgan fingerprint density at radius 2 is 1.78 bits per heavy atom. The molecule has 1 aromatic carbocycles. The van der Waals surface area contributed by atoms with Crippen molar-refractivity contribution in [3.63, 3.8) is 0 Å². The Kier molecular flexibility index (Phi) is 5.70. The molecule has 0 spiro atoms. The van der Waals surface area contributed by atoms with Crippen molar-refractivity contribution in [2.45, 2.75) is 25.0 Å². The number of carboxylic acids is 1. The minimum Gasteiger partial charge on any atom is -0.479 e. The molecule has 1 heterocycles. The molecule has 1 aromatic heterocycles. The number of amides is 1. The largest absolute Gasteiger partial charge is 0.479 e. The molecule has 2 rings (SSSR count). The summed E-state index contributed by atoms with van der Waals surface area (Å²) >= 11 is 1.18. The van der Waals surface area contributed by atoms with E-state index < -0.39 is 12.0 Å². The van der Waals surface area contributed by atoms with Gasteiger partial charge in [0.1, 0.15) is 0 Å². The first kappa shape index (κ1) is 17.0. The summed E-state index contributed by atoms with van der Waals surface area (Å²) in [4.78, 5) is 31.8. The van der Waals surface area contributed by atoms with Gasteiger partial charge in [0.05, 0.1) is 5.75 Å². The molecule has 1 unspecified atom stereocenters. The highest BCUT2D eigenvalue weighted by Gasteiger charge is 2.21. The number of carbonyl (C=O) groups is 2. The number of thioether (sulfide) groups is 1. The second-order valence-electron chi connectivity index (χ2n) is 4.97. The Labute approximate surface area is 138 Å². The number of rotatable bonds is 6. The fourth-order valence-electron chi connectivity index (χ4n) is 2.02. The molecule has 2 N–H and O–H groups in total. The van der Waals surface area contributed by atoms with Gasteiger partial charge in [-0.1, -0.05) is 42.1 Å². The van der Waals surface area contributed by atoms with Gasteiger partial charge >= 0.3 is 5.97 Å².